The van der Waals surface area contributed by atoms with Gasteiger partial charge in [0.05, 0.1) is 24.9 Å². The molecule has 0 N–H and O–H groups in total. The van der Waals surface area contributed by atoms with E-state index in [4.69, 9.17) is 14.2 Å². The lowest BCUT2D eigenvalue weighted by Crippen LogP contribution is -2.08. The van der Waals surface area contributed by atoms with Gasteiger partial charge in [-0.05, 0) is 43.2 Å². The number of nitrogens with zero attached hydrogens (tertiary/aromatic N) is 1. The number of hydrogen-bond donors (Lipinski definition) is 0. The molecule has 1 atom stereocenters. The molecule has 0 spiro atoms. The Hall–Kier alpha value is -2.82. The maximum Gasteiger partial charge on any atom is 0.231 e. The predicted molar refractivity (Wildman–Crippen MR) is 91.5 cm³/mol. The van der Waals surface area contributed by atoms with Gasteiger partial charge in [0.2, 0.25) is 12.6 Å². The first-order chi connectivity index (χ1) is 11.7. The molecule has 2 aromatic carbocycles. The molecule has 1 aliphatic heterocycles. The van der Waals surface area contributed by atoms with Crippen LogP contribution in [0.25, 0.3) is 0 Å². The number of methoxy groups -OCH3 is 1. The Kier molecular flexibility index (Phi) is 4.79. The fourth-order valence-electron chi connectivity index (χ4n) is 2.57. The van der Waals surface area contributed by atoms with E-state index in [0.29, 0.717) is 17.7 Å². The Bertz CT molecular complexity index is 770. The number of para-hydroxylation sites is 1. The van der Waals surface area contributed by atoms with Gasteiger partial charge in [-0.15, -0.1) is 0 Å². The minimum absolute atomic E-state index is 0.0240. The smallest absolute Gasteiger partial charge is 0.231 e. The van der Waals surface area contributed by atoms with E-state index in [-0.39, 0.29) is 18.6 Å². The van der Waals surface area contributed by atoms with Crippen LogP contribution in [0.4, 0.5) is 0 Å². The van der Waals surface area contributed by atoms with Gasteiger partial charge in [-0.1, -0.05) is 18.2 Å². The largest absolute Gasteiger partial charge is 0.496 e. The number of carbonyl (C=O) groups is 1. The van der Waals surface area contributed by atoms with Crippen molar-refractivity contribution < 1.29 is 19.0 Å². The Labute approximate surface area is 140 Å². The van der Waals surface area contributed by atoms with Crippen LogP contribution in [0, 0.1) is 0 Å². The third-order valence-electron chi connectivity index (χ3n) is 3.79. The maximum atomic E-state index is 12.3. The Morgan fingerprint density at radius 3 is 2.88 bits per heavy atom. The summed E-state index contributed by atoms with van der Waals surface area (Å²) in [4.78, 5) is 16.6. The predicted octanol–water partition coefficient (Wildman–Crippen LogP) is 3.31. The van der Waals surface area contributed by atoms with Gasteiger partial charge in [0.15, 0.2) is 11.5 Å². The normalized spacial score (nSPS) is 13.9. The third-order valence-corrected chi connectivity index (χ3v) is 3.79. The lowest BCUT2D eigenvalue weighted by molar-refractivity contribution is 0.106. The quantitative estimate of drug-likeness (QED) is 0.604. The number of rotatable bonds is 6. The lowest BCUT2D eigenvalue weighted by Gasteiger charge is -2.08. The van der Waals surface area contributed by atoms with Gasteiger partial charge in [-0.2, -0.15) is 0 Å². The summed E-state index contributed by atoms with van der Waals surface area (Å²) in [7, 11) is 1.55. The zero-order valence-electron chi connectivity index (χ0n) is 13.7. The van der Waals surface area contributed by atoms with Gasteiger partial charge in [-0.3, -0.25) is 9.79 Å². The van der Waals surface area contributed by atoms with Crippen LogP contribution >= 0.6 is 0 Å². The van der Waals surface area contributed by atoms with Crippen molar-refractivity contribution in [3.63, 3.8) is 0 Å². The van der Waals surface area contributed by atoms with Gasteiger partial charge < -0.3 is 14.2 Å². The highest BCUT2D eigenvalue weighted by atomic mass is 16.7. The van der Waals surface area contributed by atoms with Crippen molar-refractivity contribution in [3.8, 4) is 17.2 Å². The molecule has 5 heteroatoms. The molecule has 124 valence electrons. The van der Waals surface area contributed by atoms with Crippen molar-refractivity contribution in [1.29, 1.82) is 0 Å². The molecule has 24 heavy (non-hydrogen) atoms. The number of aliphatic imine (C=N–C) groups is 1. The molecule has 3 rings (SSSR count). The summed E-state index contributed by atoms with van der Waals surface area (Å²) in [6.07, 6.45) is 2.09. The van der Waals surface area contributed by atoms with Crippen molar-refractivity contribution in [2.45, 2.75) is 19.4 Å². The second kappa shape index (κ2) is 7.17. The van der Waals surface area contributed by atoms with Crippen LogP contribution < -0.4 is 14.2 Å². The molecule has 2 aromatic rings. The van der Waals surface area contributed by atoms with Gasteiger partial charge >= 0.3 is 0 Å². The van der Waals surface area contributed by atoms with Gasteiger partial charge in [-0.25, -0.2) is 0 Å². The molecule has 5 nitrogen and oxygen atoms in total. The van der Waals surface area contributed by atoms with E-state index in [1.165, 1.54) is 6.21 Å². The summed E-state index contributed by atoms with van der Waals surface area (Å²) >= 11 is 0. The number of carbonyl (C=O) groups excluding carboxylic acids is 1. The Morgan fingerprint density at radius 1 is 1.25 bits per heavy atom. The fraction of sp³-hybridized carbons (Fsp3) is 0.263. The standard InChI is InChI=1S/C19H19NO4/c1-13(9-14-7-8-18-19(10-14)24-12-23-18)20-11-16(21)15-5-3-4-6-17(15)22-2/h3-8,10-11,13H,9,12H2,1-2H3. The molecule has 0 amide bonds. The van der Waals surface area contributed by atoms with E-state index in [0.717, 1.165) is 17.1 Å². The molecule has 0 aromatic heterocycles. The fourth-order valence-corrected chi connectivity index (χ4v) is 2.57. The van der Waals surface area contributed by atoms with E-state index in [9.17, 15) is 4.79 Å². The van der Waals surface area contributed by atoms with Crippen molar-refractivity contribution in [1.82, 2.24) is 0 Å². The summed E-state index contributed by atoms with van der Waals surface area (Å²) in [5, 5.41) is 0. The number of ether oxygens (including phenoxy) is 3. The molecule has 0 radical (unpaired) electrons. The van der Waals surface area contributed by atoms with Crippen molar-refractivity contribution in [3.05, 3.63) is 53.6 Å². The highest BCUT2D eigenvalue weighted by molar-refractivity contribution is 6.36. The van der Waals surface area contributed by atoms with Crippen LogP contribution in [0.2, 0.25) is 0 Å². The van der Waals surface area contributed by atoms with Crippen LogP contribution in [-0.2, 0) is 6.42 Å². The molecule has 0 bridgehead atoms. The molecule has 1 heterocycles. The van der Waals surface area contributed by atoms with Crippen molar-refractivity contribution >= 4 is 12.0 Å². The second-order valence-corrected chi connectivity index (χ2v) is 5.58. The SMILES string of the molecule is COc1ccccc1C(=O)C=NC(C)Cc1ccc2c(c1)OCO2. The first-order valence-corrected chi connectivity index (χ1v) is 7.76. The van der Waals surface area contributed by atoms with Crippen LogP contribution in [0.15, 0.2) is 47.5 Å². The molecular weight excluding hydrogens is 306 g/mol. The molecule has 1 aliphatic rings. The second-order valence-electron chi connectivity index (χ2n) is 5.58. The summed E-state index contributed by atoms with van der Waals surface area (Å²) in [5.41, 5.74) is 1.60. The minimum atomic E-state index is -0.162. The van der Waals surface area contributed by atoms with Gasteiger partial charge in [0.1, 0.15) is 5.75 Å². The maximum absolute atomic E-state index is 12.3. The molecule has 1 unspecified atom stereocenters. The first kappa shape index (κ1) is 16.1. The Balaban J connectivity index is 1.64. The Morgan fingerprint density at radius 2 is 2.04 bits per heavy atom. The van der Waals surface area contributed by atoms with E-state index >= 15 is 0 Å². The van der Waals surface area contributed by atoms with Crippen LogP contribution in [0.5, 0.6) is 17.2 Å². The van der Waals surface area contributed by atoms with Gasteiger partial charge in [0.25, 0.3) is 0 Å². The first-order valence-electron chi connectivity index (χ1n) is 7.76. The zero-order chi connectivity index (χ0) is 16.9. The van der Waals surface area contributed by atoms with Gasteiger partial charge in [0, 0.05) is 0 Å². The zero-order valence-corrected chi connectivity index (χ0v) is 13.7. The molecule has 0 aliphatic carbocycles. The van der Waals surface area contributed by atoms with Crippen molar-refractivity contribution in [2.24, 2.45) is 4.99 Å². The average molecular weight is 325 g/mol. The number of fused-ring (bicyclic) bond motifs is 1. The number of benzene rings is 2. The topological polar surface area (TPSA) is 57.1 Å². The summed E-state index contributed by atoms with van der Waals surface area (Å²) < 4.78 is 15.9. The highest BCUT2D eigenvalue weighted by Gasteiger charge is 2.14. The monoisotopic (exact) mass is 325 g/mol. The summed E-state index contributed by atoms with van der Waals surface area (Å²) in [6, 6.07) is 12.9. The van der Waals surface area contributed by atoms with Crippen LogP contribution in [0.3, 0.4) is 0 Å². The lowest BCUT2D eigenvalue weighted by atomic mass is 10.1. The number of Topliss-reactive ketones (excluding diaryl/α,β-unsaturated/α-hetero) is 1. The van der Waals surface area contributed by atoms with E-state index in [1.54, 1.807) is 25.3 Å². The molecule has 0 saturated carbocycles. The van der Waals surface area contributed by atoms with E-state index < -0.39 is 0 Å². The minimum Gasteiger partial charge on any atom is -0.496 e. The third kappa shape index (κ3) is 3.56. The number of hydrogen-bond acceptors (Lipinski definition) is 5. The number of ketones is 1. The van der Waals surface area contributed by atoms with Crippen LogP contribution in [0.1, 0.15) is 22.8 Å². The van der Waals surface area contributed by atoms with Crippen LogP contribution in [-0.4, -0.2) is 31.9 Å². The highest BCUT2D eigenvalue weighted by Crippen LogP contribution is 2.32. The van der Waals surface area contributed by atoms with E-state index in [1.807, 2.05) is 31.2 Å². The molecular formula is C19H19NO4. The van der Waals surface area contributed by atoms with Crippen molar-refractivity contribution in [2.75, 3.05) is 13.9 Å². The summed E-state index contributed by atoms with van der Waals surface area (Å²) in [6.45, 7) is 2.23. The van der Waals surface area contributed by atoms with E-state index in [2.05, 4.69) is 4.99 Å². The average Bonchev–Trinajstić information content (AvgIpc) is 3.07. The summed E-state index contributed by atoms with van der Waals surface area (Å²) in [5.74, 6) is 1.91. The molecule has 0 saturated heterocycles. The molecule has 0 fully saturated rings.